The highest BCUT2D eigenvalue weighted by atomic mass is 32.2. The van der Waals surface area contributed by atoms with Crippen LogP contribution < -0.4 is 0 Å². The minimum absolute atomic E-state index is 0.0996. The Labute approximate surface area is 144 Å². The fourth-order valence-electron chi connectivity index (χ4n) is 2.12. The minimum Gasteiger partial charge on any atom is -0.457 e. The normalized spacial score (nSPS) is 11.2. The summed E-state index contributed by atoms with van der Waals surface area (Å²) in [6.45, 7) is 0.0996. The zero-order valence-electron chi connectivity index (χ0n) is 12.6. The van der Waals surface area contributed by atoms with Crippen molar-refractivity contribution in [2.24, 2.45) is 0 Å². The van der Waals surface area contributed by atoms with Gasteiger partial charge < -0.3 is 4.74 Å². The minimum atomic E-state index is -3.53. The Morgan fingerprint density at radius 3 is 2.17 bits per heavy atom. The largest absolute Gasteiger partial charge is 0.457 e. The number of thiophene rings is 1. The first-order chi connectivity index (χ1) is 11.6. The van der Waals surface area contributed by atoms with Crippen LogP contribution in [0.1, 0.15) is 15.2 Å². The van der Waals surface area contributed by atoms with E-state index < -0.39 is 9.84 Å². The van der Waals surface area contributed by atoms with E-state index in [4.69, 9.17) is 4.74 Å². The number of carbonyl (C=O) groups is 1. The molecule has 24 heavy (non-hydrogen) atoms. The van der Waals surface area contributed by atoms with Gasteiger partial charge in [0.2, 0.25) is 9.84 Å². The number of sulfone groups is 1. The molecule has 0 bridgehead atoms. The van der Waals surface area contributed by atoms with Gasteiger partial charge in [0.1, 0.15) is 11.5 Å². The van der Waals surface area contributed by atoms with E-state index in [9.17, 15) is 13.2 Å². The Balaban J connectivity index is 1.71. The standard InChI is InChI=1S/C18H14O4S2/c19-18(17-7-4-12-23-17)22-13-14-8-10-16(11-9-14)24(20,21)15-5-2-1-3-6-15/h1-12H,13H2. The number of hydrogen-bond donors (Lipinski definition) is 0. The van der Waals surface area contributed by atoms with E-state index in [1.807, 2.05) is 0 Å². The summed E-state index contributed by atoms with van der Waals surface area (Å²) in [5, 5.41) is 1.81. The van der Waals surface area contributed by atoms with Crippen molar-refractivity contribution in [2.45, 2.75) is 16.4 Å². The van der Waals surface area contributed by atoms with Gasteiger partial charge in [0.05, 0.1) is 9.79 Å². The van der Waals surface area contributed by atoms with E-state index in [2.05, 4.69) is 0 Å². The first-order valence-corrected chi connectivity index (χ1v) is 9.53. The molecule has 0 aliphatic heterocycles. The maximum absolute atomic E-state index is 12.5. The van der Waals surface area contributed by atoms with Crippen molar-refractivity contribution in [3.63, 3.8) is 0 Å². The molecule has 3 rings (SSSR count). The molecule has 0 atom stereocenters. The van der Waals surface area contributed by atoms with Crippen molar-refractivity contribution in [2.75, 3.05) is 0 Å². The smallest absolute Gasteiger partial charge is 0.348 e. The van der Waals surface area contributed by atoms with Gasteiger partial charge in [-0.3, -0.25) is 0 Å². The molecule has 0 saturated heterocycles. The molecule has 4 nitrogen and oxygen atoms in total. The summed E-state index contributed by atoms with van der Waals surface area (Å²) in [5.74, 6) is -0.383. The molecule has 0 fully saturated rings. The second kappa shape index (κ2) is 6.98. The van der Waals surface area contributed by atoms with Crippen molar-refractivity contribution in [3.8, 4) is 0 Å². The summed E-state index contributed by atoms with van der Waals surface area (Å²) in [6.07, 6.45) is 0. The molecule has 1 aromatic heterocycles. The van der Waals surface area contributed by atoms with Crippen molar-refractivity contribution in [1.29, 1.82) is 0 Å². The molecule has 0 saturated carbocycles. The highest BCUT2D eigenvalue weighted by molar-refractivity contribution is 7.91. The third-order valence-corrected chi connectivity index (χ3v) is 6.01. The first kappa shape index (κ1) is 16.4. The molecular formula is C18H14O4S2. The fourth-order valence-corrected chi connectivity index (χ4v) is 4.01. The predicted octanol–water partition coefficient (Wildman–Crippen LogP) is 3.94. The highest BCUT2D eigenvalue weighted by Gasteiger charge is 2.17. The van der Waals surface area contributed by atoms with E-state index in [1.165, 1.54) is 23.5 Å². The summed E-state index contributed by atoms with van der Waals surface area (Å²) in [4.78, 5) is 12.8. The van der Waals surface area contributed by atoms with Gasteiger partial charge in [0.25, 0.3) is 0 Å². The Morgan fingerprint density at radius 1 is 0.875 bits per heavy atom. The fraction of sp³-hybridized carbons (Fsp3) is 0.0556. The zero-order valence-corrected chi connectivity index (χ0v) is 14.2. The van der Waals surface area contributed by atoms with Crippen molar-refractivity contribution in [1.82, 2.24) is 0 Å². The van der Waals surface area contributed by atoms with Crippen molar-refractivity contribution < 1.29 is 17.9 Å². The highest BCUT2D eigenvalue weighted by Crippen LogP contribution is 2.21. The van der Waals surface area contributed by atoms with E-state index in [0.717, 1.165) is 5.56 Å². The van der Waals surface area contributed by atoms with Gasteiger partial charge in [-0.15, -0.1) is 11.3 Å². The second-order valence-electron chi connectivity index (χ2n) is 5.01. The van der Waals surface area contributed by atoms with Gasteiger partial charge in [-0.1, -0.05) is 36.4 Å². The molecule has 0 spiro atoms. The van der Waals surface area contributed by atoms with Gasteiger partial charge in [0, 0.05) is 0 Å². The summed E-state index contributed by atoms with van der Waals surface area (Å²) < 4.78 is 30.2. The number of benzene rings is 2. The van der Waals surface area contributed by atoms with Gasteiger partial charge in [-0.05, 0) is 41.3 Å². The van der Waals surface area contributed by atoms with Gasteiger partial charge >= 0.3 is 5.97 Å². The van der Waals surface area contributed by atoms with Crippen LogP contribution in [0.25, 0.3) is 0 Å². The van der Waals surface area contributed by atoms with Crippen LogP contribution in [0.15, 0.2) is 81.9 Å². The Kier molecular flexibility index (Phi) is 4.78. The molecule has 2 aromatic carbocycles. The Bertz CT molecular complexity index is 913. The molecule has 3 aromatic rings. The third kappa shape index (κ3) is 3.55. The van der Waals surface area contributed by atoms with Crippen LogP contribution in [0.5, 0.6) is 0 Å². The quantitative estimate of drug-likeness (QED) is 0.648. The molecule has 0 N–H and O–H groups in total. The van der Waals surface area contributed by atoms with Crippen LogP contribution in [0.2, 0.25) is 0 Å². The molecule has 6 heteroatoms. The maximum Gasteiger partial charge on any atom is 0.348 e. The van der Waals surface area contributed by atoms with Crippen molar-refractivity contribution in [3.05, 3.63) is 82.6 Å². The molecule has 1 heterocycles. The molecule has 122 valence electrons. The zero-order chi connectivity index (χ0) is 17.0. The van der Waals surface area contributed by atoms with Crippen LogP contribution in [-0.4, -0.2) is 14.4 Å². The predicted molar refractivity (Wildman–Crippen MR) is 91.8 cm³/mol. The molecule has 0 aliphatic carbocycles. The number of carbonyl (C=O) groups excluding carboxylic acids is 1. The summed E-state index contributed by atoms with van der Waals surface area (Å²) in [5.41, 5.74) is 0.729. The van der Waals surface area contributed by atoms with Gasteiger partial charge in [-0.25, -0.2) is 13.2 Å². The lowest BCUT2D eigenvalue weighted by atomic mass is 10.2. The average Bonchev–Trinajstić information content (AvgIpc) is 3.15. The second-order valence-corrected chi connectivity index (χ2v) is 7.91. The lowest BCUT2D eigenvalue weighted by Gasteiger charge is -2.07. The molecule has 0 amide bonds. The number of rotatable bonds is 5. The average molecular weight is 358 g/mol. The van der Waals surface area contributed by atoms with E-state index >= 15 is 0 Å². The molecule has 0 unspecified atom stereocenters. The number of hydrogen-bond acceptors (Lipinski definition) is 5. The lowest BCUT2D eigenvalue weighted by Crippen LogP contribution is -2.04. The van der Waals surface area contributed by atoms with Crippen LogP contribution in [0.4, 0.5) is 0 Å². The SMILES string of the molecule is O=C(OCc1ccc(S(=O)(=O)c2ccccc2)cc1)c1cccs1. The summed E-state index contributed by atoms with van der Waals surface area (Å²) in [7, 11) is -3.53. The topological polar surface area (TPSA) is 60.4 Å². The molecular weight excluding hydrogens is 344 g/mol. The van der Waals surface area contributed by atoms with Crippen LogP contribution >= 0.6 is 11.3 Å². The molecule has 0 aliphatic rings. The Hall–Kier alpha value is -2.44. The maximum atomic E-state index is 12.5. The number of ether oxygens (including phenoxy) is 1. The monoisotopic (exact) mass is 358 g/mol. The van der Waals surface area contributed by atoms with Crippen LogP contribution in [0.3, 0.4) is 0 Å². The Morgan fingerprint density at radius 2 is 1.54 bits per heavy atom. The molecule has 0 radical (unpaired) electrons. The summed E-state index contributed by atoms with van der Waals surface area (Å²) in [6, 6.07) is 18.1. The first-order valence-electron chi connectivity index (χ1n) is 7.17. The lowest BCUT2D eigenvalue weighted by molar-refractivity contribution is 0.0478. The van der Waals surface area contributed by atoms with Crippen molar-refractivity contribution >= 4 is 27.1 Å². The van der Waals surface area contributed by atoms with E-state index in [-0.39, 0.29) is 22.4 Å². The third-order valence-electron chi connectivity index (χ3n) is 3.38. The van der Waals surface area contributed by atoms with Gasteiger partial charge in [-0.2, -0.15) is 0 Å². The van der Waals surface area contributed by atoms with Crippen LogP contribution in [0, 0.1) is 0 Å². The number of esters is 1. The van der Waals surface area contributed by atoms with E-state index in [1.54, 1.807) is 60.0 Å². The summed E-state index contributed by atoms with van der Waals surface area (Å²) >= 11 is 1.32. The van der Waals surface area contributed by atoms with E-state index in [0.29, 0.717) is 4.88 Å². The van der Waals surface area contributed by atoms with Crippen LogP contribution in [-0.2, 0) is 21.2 Å². The van der Waals surface area contributed by atoms with Gasteiger partial charge in [0.15, 0.2) is 0 Å².